The first kappa shape index (κ1) is 27.5. The Bertz CT molecular complexity index is 1610. The molecule has 0 bridgehead atoms. The molecule has 4 aromatic rings. The van der Waals surface area contributed by atoms with E-state index in [0.717, 1.165) is 33.0 Å². The molecule has 1 aliphatic heterocycles. The summed E-state index contributed by atoms with van der Waals surface area (Å²) in [7, 11) is 0. The van der Waals surface area contributed by atoms with Gasteiger partial charge >= 0.3 is 0 Å². The van der Waals surface area contributed by atoms with Crippen LogP contribution in [0.2, 0.25) is 5.02 Å². The fourth-order valence-corrected chi connectivity index (χ4v) is 6.41. The van der Waals surface area contributed by atoms with Gasteiger partial charge in [0.2, 0.25) is 5.91 Å². The molecule has 1 aliphatic rings. The number of halogens is 3. The number of nitrogens with zero attached hydrogens (tertiary/aromatic N) is 1. The van der Waals surface area contributed by atoms with Crippen LogP contribution in [0.4, 0.5) is 10.5 Å². The molecule has 0 unspecified atom stereocenters. The second-order valence-electron chi connectivity index (χ2n) is 8.57. The van der Waals surface area contributed by atoms with Gasteiger partial charge in [-0.2, -0.15) is 0 Å². The van der Waals surface area contributed by atoms with Gasteiger partial charge in [-0.05, 0) is 96.5 Å². The summed E-state index contributed by atoms with van der Waals surface area (Å²) in [6, 6.07) is 24.2. The molecular formula is C29H19Br2ClN2O4S. The van der Waals surface area contributed by atoms with Crippen LogP contribution in [0.15, 0.2) is 92.7 Å². The van der Waals surface area contributed by atoms with Gasteiger partial charge in [0.05, 0.1) is 13.9 Å². The summed E-state index contributed by atoms with van der Waals surface area (Å²) in [6.07, 6.45) is 1.62. The van der Waals surface area contributed by atoms with Gasteiger partial charge < -0.3 is 10.1 Å². The van der Waals surface area contributed by atoms with Crippen LogP contribution in [0.3, 0.4) is 0 Å². The number of thioether (sulfide) groups is 1. The lowest BCUT2D eigenvalue weighted by Gasteiger charge is -2.14. The van der Waals surface area contributed by atoms with E-state index < -0.39 is 17.1 Å². The molecule has 3 amide bonds. The Balaban J connectivity index is 1.27. The lowest BCUT2D eigenvalue weighted by atomic mass is 10.1. The Labute approximate surface area is 250 Å². The molecule has 1 saturated heterocycles. The molecule has 0 aliphatic carbocycles. The molecule has 1 N–H and O–H groups in total. The number of imide groups is 1. The number of ether oxygens (including phenoxy) is 1. The van der Waals surface area contributed by atoms with Crippen molar-refractivity contribution >= 4 is 94.8 Å². The topological polar surface area (TPSA) is 75.7 Å². The quantitative estimate of drug-likeness (QED) is 0.198. The SMILES string of the molecule is O=C(CN1C(=O)S/C(=C/c2cc(Br)c(OCc3ccc(Cl)cc3)c(Br)c2)C1=O)Nc1cccc2ccccc12. The smallest absolute Gasteiger partial charge is 0.294 e. The first-order valence-electron chi connectivity index (χ1n) is 11.7. The number of anilines is 1. The van der Waals surface area contributed by atoms with Crippen LogP contribution in [0, 0.1) is 0 Å². The fourth-order valence-electron chi connectivity index (χ4n) is 3.99. The molecule has 0 saturated carbocycles. The van der Waals surface area contributed by atoms with Gasteiger partial charge in [0.1, 0.15) is 18.9 Å². The van der Waals surface area contributed by atoms with Crippen molar-refractivity contribution in [3.05, 3.63) is 109 Å². The number of hydrogen-bond acceptors (Lipinski definition) is 5. The second kappa shape index (κ2) is 12.0. The molecule has 39 heavy (non-hydrogen) atoms. The van der Waals surface area contributed by atoms with Crippen molar-refractivity contribution in [2.45, 2.75) is 6.61 Å². The summed E-state index contributed by atoms with van der Waals surface area (Å²) >= 11 is 13.8. The third-order valence-electron chi connectivity index (χ3n) is 5.85. The number of benzene rings is 4. The summed E-state index contributed by atoms with van der Waals surface area (Å²) in [5.41, 5.74) is 2.26. The van der Waals surface area contributed by atoms with E-state index in [-0.39, 0.29) is 11.4 Å². The molecule has 6 nitrogen and oxygen atoms in total. The average molecular weight is 687 g/mol. The van der Waals surface area contributed by atoms with Crippen molar-refractivity contribution in [1.82, 2.24) is 4.90 Å². The van der Waals surface area contributed by atoms with E-state index in [9.17, 15) is 14.4 Å². The van der Waals surface area contributed by atoms with Crippen LogP contribution in [0.5, 0.6) is 5.75 Å². The zero-order valence-corrected chi connectivity index (χ0v) is 24.9. The van der Waals surface area contributed by atoms with Gasteiger partial charge in [0, 0.05) is 16.1 Å². The minimum absolute atomic E-state index is 0.228. The summed E-state index contributed by atoms with van der Waals surface area (Å²) < 4.78 is 7.30. The van der Waals surface area contributed by atoms with E-state index in [4.69, 9.17) is 16.3 Å². The van der Waals surface area contributed by atoms with E-state index >= 15 is 0 Å². The van der Waals surface area contributed by atoms with Gasteiger partial charge in [-0.15, -0.1) is 0 Å². The molecule has 1 fully saturated rings. The van der Waals surface area contributed by atoms with Gasteiger partial charge in [0.15, 0.2) is 0 Å². The monoisotopic (exact) mass is 684 g/mol. The highest BCUT2D eigenvalue weighted by Gasteiger charge is 2.36. The second-order valence-corrected chi connectivity index (χ2v) is 11.7. The number of fused-ring (bicyclic) bond motifs is 1. The van der Waals surface area contributed by atoms with Gasteiger partial charge in [-0.1, -0.05) is 60.1 Å². The molecule has 0 aromatic heterocycles. The highest BCUT2D eigenvalue weighted by Crippen LogP contribution is 2.38. The number of hydrogen-bond donors (Lipinski definition) is 1. The number of amides is 3. The molecule has 10 heteroatoms. The van der Waals surface area contributed by atoms with Crippen molar-refractivity contribution < 1.29 is 19.1 Å². The summed E-state index contributed by atoms with van der Waals surface area (Å²) in [4.78, 5) is 39.6. The van der Waals surface area contributed by atoms with Crippen LogP contribution in [0.25, 0.3) is 16.8 Å². The molecule has 0 spiro atoms. The third kappa shape index (κ3) is 6.38. The maximum Gasteiger partial charge on any atom is 0.294 e. The number of rotatable bonds is 7. The van der Waals surface area contributed by atoms with Crippen LogP contribution in [-0.2, 0) is 16.2 Å². The van der Waals surface area contributed by atoms with Crippen molar-refractivity contribution in [2.24, 2.45) is 0 Å². The van der Waals surface area contributed by atoms with Crippen LogP contribution < -0.4 is 10.1 Å². The maximum atomic E-state index is 13.0. The Morgan fingerprint density at radius 2 is 1.67 bits per heavy atom. The Kier molecular flexibility index (Phi) is 8.42. The molecule has 4 aromatic carbocycles. The lowest BCUT2D eigenvalue weighted by Crippen LogP contribution is -2.36. The van der Waals surface area contributed by atoms with Crippen molar-refractivity contribution in [3.63, 3.8) is 0 Å². The zero-order chi connectivity index (χ0) is 27.5. The van der Waals surface area contributed by atoms with Crippen LogP contribution >= 0.6 is 55.2 Å². The lowest BCUT2D eigenvalue weighted by molar-refractivity contribution is -0.127. The van der Waals surface area contributed by atoms with Crippen LogP contribution in [-0.4, -0.2) is 28.5 Å². The normalized spacial score (nSPS) is 14.3. The Morgan fingerprint density at radius 1 is 0.974 bits per heavy atom. The average Bonchev–Trinajstić information content (AvgIpc) is 3.16. The van der Waals surface area contributed by atoms with Crippen LogP contribution in [0.1, 0.15) is 11.1 Å². The molecule has 0 atom stereocenters. The Morgan fingerprint density at radius 3 is 2.41 bits per heavy atom. The number of nitrogens with one attached hydrogen (secondary N) is 1. The Hall–Kier alpha value is -3.11. The van der Waals surface area contributed by atoms with Crippen molar-refractivity contribution in [1.29, 1.82) is 0 Å². The molecular weight excluding hydrogens is 668 g/mol. The zero-order valence-electron chi connectivity index (χ0n) is 20.1. The largest absolute Gasteiger partial charge is 0.487 e. The minimum Gasteiger partial charge on any atom is -0.487 e. The van der Waals surface area contributed by atoms with Gasteiger partial charge in [0.25, 0.3) is 11.1 Å². The summed E-state index contributed by atoms with van der Waals surface area (Å²) in [5, 5.41) is 4.82. The summed E-state index contributed by atoms with van der Waals surface area (Å²) in [6.45, 7) is -0.0382. The molecule has 196 valence electrons. The number of carbonyl (C=O) groups excluding carboxylic acids is 3. The summed E-state index contributed by atoms with van der Waals surface area (Å²) in [5.74, 6) is -0.378. The predicted octanol–water partition coefficient (Wildman–Crippen LogP) is 8.27. The maximum absolute atomic E-state index is 13.0. The van der Waals surface area contributed by atoms with Gasteiger partial charge in [-0.25, -0.2) is 0 Å². The molecule has 5 rings (SSSR count). The van der Waals surface area contributed by atoms with Crippen molar-refractivity contribution in [2.75, 3.05) is 11.9 Å². The van der Waals surface area contributed by atoms with Crippen molar-refractivity contribution in [3.8, 4) is 5.75 Å². The first-order valence-corrected chi connectivity index (χ1v) is 14.5. The minimum atomic E-state index is -0.520. The molecule has 0 radical (unpaired) electrons. The predicted molar refractivity (Wildman–Crippen MR) is 163 cm³/mol. The highest BCUT2D eigenvalue weighted by atomic mass is 79.9. The van der Waals surface area contributed by atoms with E-state index in [1.807, 2.05) is 48.5 Å². The highest BCUT2D eigenvalue weighted by molar-refractivity contribution is 9.11. The number of carbonyl (C=O) groups is 3. The standard InChI is InChI=1S/C29H19Br2ClN2O4S/c30-22-12-18(13-23(31)27(22)38-16-17-8-10-20(32)11-9-17)14-25-28(36)34(29(37)39-25)15-26(35)33-24-7-3-5-19-4-1-2-6-21(19)24/h1-14H,15-16H2,(H,33,35)/b25-14+. The molecule has 1 heterocycles. The first-order chi connectivity index (χ1) is 18.8. The van der Waals surface area contributed by atoms with E-state index in [1.165, 1.54) is 0 Å². The van der Waals surface area contributed by atoms with E-state index in [1.54, 1.807) is 36.4 Å². The third-order valence-corrected chi connectivity index (χ3v) is 8.19. The fraction of sp³-hybridized carbons (Fsp3) is 0.0690. The van der Waals surface area contributed by atoms with E-state index in [0.29, 0.717) is 37.6 Å². The van der Waals surface area contributed by atoms with Gasteiger partial charge in [-0.3, -0.25) is 19.3 Å². The van der Waals surface area contributed by atoms with E-state index in [2.05, 4.69) is 37.2 Å².